The van der Waals surface area contributed by atoms with Gasteiger partial charge >= 0.3 is 11.9 Å². The van der Waals surface area contributed by atoms with Gasteiger partial charge in [0.1, 0.15) is 5.56 Å². The average Bonchev–Trinajstić information content (AvgIpc) is 2.80. The van der Waals surface area contributed by atoms with Crippen LogP contribution in [0.5, 0.6) is 0 Å². The zero-order valence-corrected chi connectivity index (χ0v) is 17.9. The van der Waals surface area contributed by atoms with Gasteiger partial charge in [-0.2, -0.15) is 0 Å². The van der Waals surface area contributed by atoms with Crippen LogP contribution in [0.3, 0.4) is 0 Å². The molecule has 1 heterocycles. The van der Waals surface area contributed by atoms with Gasteiger partial charge in [-0.25, -0.2) is 9.59 Å². The topological polar surface area (TPSA) is 104 Å². The molecule has 8 nitrogen and oxygen atoms in total. The quantitative estimate of drug-likeness (QED) is 0.598. The van der Waals surface area contributed by atoms with Crippen molar-refractivity contribution in [2.45, 2.75) is 13.5 Å². The van der Waals surface area contributed by atoms with Gasteiger partial charge in [0, 0.05) is 6.20 Å². The number of pyridine rings is 1. The SMILES string of the molecule is COC(=O)c1ccc(C(=O)OC)c(NC(=O)c2cccn(Cc3ccccc3C)c2=O)c1. The number of anilines is 1. The number of amides is 1. The van der Waals surface area contributed by atoms with Crippen LogP contribution in [0.4, 0.5) is 5.69 Å². The lowest BCUT2D eigenvalue weighted by Crippen LogP contribution is -2.29. The van der Waals surface area contributed by atoms with Crippen LogP contribution in [-0.2, 0) is 16.0 Å². The first-order chi connectivity index (χ1) is 15.3. The van der Waals surface area contributed by atoms with Gasteiger partial charge in [-0.15, -0.1) is 0 Å². The third kappa shape index (κ3) is 4.75. The maximum absolute atomic E-state index is 12.9. The fraction of sp³-hybridized carbons (Fsp3) is 0.167. The highest BCUT2D eigenvalue weighted by Crippen LogP contribution is 2.20. The summed E-state index contributed by atoms with van der Waals surface area (Å²) < 4.78 is 10.9. The third-order valence-corrected chi connectivity index (χ3v) is 4.96. The van der Waals surface area contributed by atoms with Gasteiger partial charge in [0.2, 0.25) is 0 Å². The minimum Gasteiger partial charge on any atom is -0.465 e. The first-order valence-electron chi connectivity index (χ1n) is 9.71. The highest BCUT2D eigenvalue weighted by atomic mass is 16.5. The van der Waals surface area contributed by atoms with Crippen molar-refractivity contribution >= 4 is 23.5 Å². The average molecular weight is 434 g/mol. The molecule has 1 amide bonds. The molecule has 164 valence electrons. The monoisotopic (exact) mass is 434 g/mol. The number of carbonyl (C=O) groups excluding carboxylic acids is 3. The Bertz CT molecular complexity index is 1250. The second-order valence-corrected chi connectivity index (χ2v) is 6.98. The Balaban J connectivity index is 1.95. The summed E-state index contributed by atoms with van der Waals surface area (Å²) in [6, 6.07) is 14.7. The summed E-state index contributed by atoms with van der Waals surface area (Å²) in [6.07, 6.45) is 1.60. The Kier molecular flexibility index (Phi) is 6.84. The predicted molar refractivity (Wildman–Crippen MR) is 118 cm³/mol. The van der Waals surface area contributed by atoms with Crippen LogP contribution in [0.1, 0.15) is 42.2 Å². The smallest absolute Gasteiger partial charge is 0.339 e. The molecule has 8 heteroatoms. The van der Waals surface area contributed by atoms with E-state index in [0.717, 1.165) is 11.1 Å². The summed E-state index contributed by atoms with van der Waals surface area (Å²) in [6.45, 7) is 2.25. The number of nitrogens with one attached hydrogen (secondary N) is 1. The molecule has 0 unspecified atom stereocenters. The lowest BCUT2D eigenvalue weighted by atomic mass is 10.1. The van der Waals surface area contributed by atoms with Crippen molar-refractivity contribution in [2.75, 3.05) is 19.5 Å². The highest BCUT2D eigenvalue weighted by Gasteiger charge is 2.20. The number of aromatic nitrogens is 1. The van der Waals surface area contributed by atoms with Gasteiger partial charge < -0.3 is 19.4 Å². The van der Waals surface area contributed by atoms with Crippen LogP contribution < -0.4 is 10.9 Å². The number of benzene rings is 2. The Hall–Kier alpha value is -4.20. The van der Waals surface area contributed by atoms with Gasteiger partial charge in [0.25, 0.3) is 11.5 Å². The van der Waals surface area contributed by atoms with E-state index in [4.69, 9.17) is 4.74 Å². The molecular weight excluding hydrogens is 412 g/mol. The van der Waals surface area contributed by atoms with E-state index >= 15 is 0 Å². The van der Waals surface area contributed by atoms with Crippen molar-refractivity contribution in [1.82, 2.24) is 4.57 Å². The van der Waals surface area contributed by atoms with Gasteiger partial charge in [-0.05, 0) is 48.4 Å². The normalized spacial score (nSPS) is 10.3. The van der Waals surface area contributed by atoms with E-state index in [-0.39, 0.29) is 22.4 Å². The number of hydrogen-bond acceptors (Lipinski definition) is 6. The van der Waals surface area contributed by atoms with Crippen LogP contribution in [0.15, 0.2) is 65.6 Å². The molecule has 0 aliphatic carbocycles. The molecule has 3 aromatic rings. The molecule has 3 rings (SSSR count). The van der Waals surface area contributed by atoms with E-state index in [2.05, 4.69) is 10.1 Å². The van der Waals surface area contributed by atoms with Crippen molar-refractivity contribution in [3.8, 4) is 0 Å². The lowest BCUT2D eigenvalue weighted by Gasteiger charge is -2.13. The number of aryl methyl sites for hydroxylation is 1. The molecule has 0 spiro atoms. The maximum atomic E-state index is 12.9. The summed E-state index contributed by atoms with van der Waals surface area (Å²) in [5.41, 5.74) is 1.56. The molecule has 0 fully saturated rings. The van der Waals surface area contributed by atoms with Gasteiger partial charge in [-0.1, -0.05) is 24.3 Å². The van der Waals surface area contributed by atoms with Crippen molar-refractivity contribution in [1.29, 1.82) is 0 Å². The van der Waals surface area contributed by atoms with Gasteiger partial charge in [0.15, 0.2) is 0 Å². The Morgan fingerprint density at radius 3 is 2.31 bits per heavy atom. The van der Waals surface area contributed by atoms with Crippen molar-refractivity contribution in [3.05, 3.63) is 99.0 Å². The van der Waals surface area contributed by atoms with Crippen molar-refractivity contribution < 1.29 is 23.9 Å². The van der Waals surface area contributed by atoms with E-state index in [0.29, 0.717) is 6.54 Å². The molecule has 0 saturated carbocycles. The molecule has 32 heavy (non-hydrogen) atoms. The van der Waals surface area contributed by atoms with Crippen LogP contribution in [0.2, 0.25) is 0 Å². The molecular formula is C24H22N2O6. The van der Waals surface area contributed by atoms with Crippen molar-refractivity contribution in [2.24, 2.45) is 0 Å². The first kappa shape index (κ1) is 22.5. The summed E-state index contributed by atoms with van der Waals surface area (Å²) in [7, 11) is 2.42. The summed E-state index contributed by atoms with van der Waals surface area (Å²) >= 11 is 0. The molecule has 0 aliphatic heterocycles. The fourth-order valence-electron chi connectivity index (χ4n) is 3.18. The van der Waals surface area contributed by atoms with E-state index in [1.807, 2.05) is 31.2 Å². The highest BCUT2D eigenvalue weighted by molar-refractivity contribution is 6.08. The van der Waals surface area contributed by atoms with E-state index in [9.17, 15) is 19.2 Å². The molecule has 0 radical (unpaired) electrons. The second-order valence-electron chi connectivity index (χ2n) is 6.98. The van der Waals surface area contributed by atoms with E-state index in [1.54, 1.807) is 12.3 Å². The second kappa shape index (κ2) is 9.74. The van der Waals surface area contributed by atoms with Crippen molar-refractivity contribution in [3.63, 3.8) is 0 Å². The predicted octanol–water partition coefficient (Wildman–Crippen LogP) is 3.03. The van der Waals surface area contributed by atoms with E-state index < -0.39 is 23.4 Å². The lowest BCUT2D eigenvalue weighted by molar-refractivity contribution is 0.0587. The summed E-state index contributed by atoms with van der Waals surface area (Å²) in [4.78, 5) is 49.8. The zero-order chi connectivity index (χ0) is 23.3. The van der Waals surface area contributed by atoms with Crippen LogP contribution in [0, 0.1) is 6.92 Å². The van der Waals surface area contributed by atoms with E-state index in [1.165, 1.54) is 43.1 Å². The zero-order valence-electron chi connectivity index (χ0n) is 17.9. The minimum absolute atomic E-state index is 0.0263. The molecule has 0 bridgehead atoms. The Morgan fingerprint density at radius 1 is 0.906 bits per heavy atom. The minimum atomic E-state index is -0.721. The first-order valence-corrected chi connectivity index (χ1v) is 9.71. The number of carbonyl (C=O) groups is 3. The molecule has 1 N–H and O–H groups in total. The molecule has 0 atom stereocenters. The number of ether oxygens (including phenoxy) is 2. The largest absolute Gasteiger partial charge is 0.465 e. The molecule has 2 aromatic carbocycles. The van der Waals surface area contributed by atoms with Crippen LogP contribution >= 0.6 is 0 Å². The Labute approximate surface area is 184 Å². The Morgan fingerprint density at radius 2 is 1.62 bits per heavy atom. The number of rotatable bonds is 6. The fourth-order valence-corrected chi connectivity index (χ4v) is 3.18. The number of hydrogen-bond donors (Lipinski definition) is 1. The number of methoxy groups -OCH3 is 2. The number of esters is 2. The molecule has 0 aliphatic rings. The van der Waals surface area contributed by atoms with Crippen LogP contribution in [0.25, 0.3) is 0 Å². The molecule has 1 aromatic heterocycles. The standard InChI is InChI=1S/C24H22N2O6/c1-15-7-4-5-8-17(15)14-26-12-6-9-19(22(26)28)21(27)25-20-13-16(23(29)31-2)10-11-18(20)24(30)32-3/h4-13H,14H2,1-3H3,(H,25,27). The van der Waals surface area contributed by atoms with Gasteiger partial charge in [0.05, 0.1) is 37.6 Å². The van der Waals surface area contributed by atoms with Gasteiger partial charge in [-0.3, -0.25) is 9.59 Å². The summed E-state index contributed by atoms with van der Waals surface area (Å²) in [5, 5.41) is 2.54. The summed E-state index contributed by atoms with van der Waals surface area (Å²) in [5.74, 6) is -2.07. The third-order valence-electron chi connectivity index (χ3n) is 4.96. The molecule has 0 saturated heterocycles. The van der Waals surface area contributed by atoms with Crippen LogP contribution in [-0.4, -0.2) is 36.6 Å². The maximum Gasteiger partial charge on any atom is 0.339 e. The number of nitrogens with zero attached hydrogens (tertiary/aromatic N) is 1.